The number of aromatic nitrogens is 4. The van der Waals surface area contributed by atoms with Crippen LogP contribution in [0.25, 0.3) is 32.0 Å². The lowest BCUT2D eigenvalue weighted by Crippen LogP contribution is -2.28. The van der Waals surface area contributed by atoms with Gasteiger partial charge in [0.1, 0.15) is 12.1 Å². The van der Waals surface area contributed by atoms with E-state index in [9.17, 15) is 0 Å². The molecule has 20 heavy (non-hydrogen) atoms. The van der Waals surface area contributed by atoms with E-state index in [2.05, 4.69) is 14.5 Å². The first-order chi connectivity index (χ1) is 11.1. The van der Waals surface area contributed by atoms with Crippen LogP contribution in [0.5, 0.6) is 0 Å². The predicted octanol–water partition coefficient (Wildman–Crippen LogP) is 2.50. The minimum atomic E-state index is -2.25. The van der Waals surface area contributed by atoms with Crippen LogP contribution in [0, 0.1) is 0 Å². The van der Waals surface area contributed by atoms with E-state index in [1.165, 1.54) is 15.9 Å². The van der Waals surface area contributed by atoms with Gasteiger partial charge in [-0.1, -0.05) is 11.3 Å². The summed E-state index contributed by atoms with van der Waals surface area (Å²) in [4.78, 5) is 9.39. The van der Waals surface area contributed by atoms with Crippen molar-refractivity contribution >= 4 is 31.9 Å². The first-order valence-corrected chi connectivity index (χ1v) is 7.13. The van der Waals surface area contributed by atoms with Crippen LogP contribution in [-0.4, -0.2) is 14.5 Å². The van der Waals surface area contributed by atoms with Crippen LogP contribution in [0.1, 0.15) is 9.68 Å². The number of hydrogen-bond acceptors (Lipinski definition) is 3. The van der Waals surface area contributed by atoms with Crippen molar-refractivity contribution < 1.29 is 8.68 Å². The Morgan fingerprint density at radius 3 is 3.35 bits per heavy atom. The van der Waals surface area contributed by atoms with E-state index in [4.69, 9.17) is 4.11 Å². The third-order valence-electron chi connectivity index (χ3n) is 3.83. The zero-order valence-corrected chi connectivity index (χ0v) is 11.2. The molecular weight excluding hydrogens is 268 g/mol. The van der Waals surface area contributed by atoms with E-state index in [0.29, 0.717) is 12.4 Å². The van der Waals surface area contributed by atoms with Gasteiger partial charge in [0.05, 0.1) is 21.4 Å². The van der Waals surface area contributed by atoms with Crippen molar-refractivity contribution in [3.63, 3.8) is 0 Å². The molecule has 0 fully saturated rings. The molecule has 5 heteroatoms. The minimum absolute atomic E-state index is 0.648. The van der Waals surface area contributed by atoms with Gasteiger partial charge >= 0.3 is 0 Å². The van der Waals surface area contributed by atoms with Crippen molar-refractivity contribution in [3.05, 3.63) is 42.4 Å². The summed E-state index contributed by atoms with van der Waals surface area (Å²) in [5, 5.41) is 0. The van der Waals surface area contributed by atoms with E-state index in [1.54, 1.807) is 18.6 Å². The van der Waals surface area contributed by atoms with E-state index in [0.717, 1.165) is 31.7 Å². The SMILES string of the molecule is [2H]C([2H])([2H])[n+]1c2n(c3c4ncccc4sc31)Cc1ccncc1-2. The standard InChI is InChI=1S/C15H11N4S/c1-18-14-10-7-16-6-4-9(10)8-19(14)13-12-11(20-15(13)18)3-2-5-17-12/h2-7H,8H2,1H3/q+1/i1D3. The lowest BCUT2D eigenvalue weighted by Gasteiger charge is -1.93. The summed E-state index contributed by atoms with van der Waals surface area (Å²) < 4.78 is 28.5. The lowest BCUT2D eigenvalue weighted by atomic mass is 10.2. The van der Waals surface area contributed by atoms with Gasteiger partial charge in [-0.3, -0.25) is 9.97 Å². The Morgan fingerprint density at radius 1 is 1.40 bits per heavy atom. The maximum Gasteiger partial charge on any atom is 0.292 e. The summed E-state index contributed by atoms with van der Waals surface area (Å²) >= 11 is 1.47. The maximum absolute atomic E-state index is 8.00. The van der Waals surface area contributed by atoms with Crippen LogP contribution >= 0.6 is 11.3 Å². The number of pyridine rings is 2. The molecule has 0 bridgehead atoms. The monoisotopic (exact) mass is 282 g/mol. The van der Waals surface area contributed by atoms with E-state index >= 15 is 0 Å². The lowest BCUT2D eigenvalue weighted by molar-refractivity contribution is -0.631. The van der Waals surface area contributed by atoms with Gasteiger partial charge in [-0.05, 0) is 18.2 Å². The zero-order chi connectivity index (χ0) is 15.8. The van der Waals surface area contributed by atoms with Gasteiger partial charge in [0.25, 0.3) is 5.82 Å². The summed E-state index contributed by atoms with van der Waals surface area (Å²) in [6.45, 7) is -1.60. The molecule has 0 N–H and O–H groups in total. The number of thiophene rings is 1. The Hall–Kier alpha value is -2.27. The van der Waals surface area contributed by atoms with Gasteiger partial charge < -0.3 is 0 Å². The maximum atomic E-state index is 8.00. The Balaban J connectivity index is 2.01. The van der Waals surface area contributed by atoms with Crippen LogP contribution in [-0.2, 0) is 13.5 Å². The normalized spacial score (nSPS) is 15.9. The average molecular weight is 282 g/mol. The zero-order valence-electron chi connectivity index (χ0n) is 13.4. The molecule has 5 heterocycles. The highest BCUT2D eigenvalue weighted by Crippen LogP contribution is 2.38. The Labute approximate surface area is 123 Å². The van der Waals surface area contributed by atoms with Crippen LogP contribution in [0.3, 0.4) is 0 Å². The molecule has 1 aliphatic heterocycles. The smallest absolute Gasteiger partial charge is 0.264 e. The van der Waals surface area contributed by atoms with Crippen molar-refractivity contribution in [2.24, 2.45) is 6.98 Å². The second-order valence-corrected chi connectivity index (χ2v) is 5.91. The second-order valence-electron chi connectivity index (χ2n) is 4.88. The summed E-state index contributed by atoms with van der Waals surface area (Å²) in [6.07, 6.45) is 5.24. The first-order valence-electron chi connectivity index (χ1n) is 7.81. The molecule has 0 saturated heterocycles. The number of fused-ring (bicyclic) bond motifs is 7. The fraction of sp³-hybridized carbons (Fsp3) is 0.133. The molecule has 0 radical (unpaired) electrons. The van der Waals surface area contributed by atoms with E-state index in [1.807, 2.05) is 18.2 Å². The third-order valence-corrected chi connectivity index (χ3v) is 4.94. The fourth-order valence-electron chi connectivity index (χ4n) is 2.97. The van der Waals surface area contributed by atoms with Gasteiger partial charge in [0.2, 0.25) is 10.3 Å². The van der Waals surface area contributed by atoms with Crippen molar-refractivity contribution in [2.75, 3.05) is 0 Å². The molecule has 0 atom stereocenters. The molecular formula is C15H11N4S+. The number of aryl methyl sites for hydroxylation is 1. The van der Waals surface area contributed by atoms with Gasteiger partial charge in [-0.25, -0.2) is 9.13 Å². The second kappa shape index (κ2) is 3.43. The molecule has 4 aromatic rings. The Morgan fingerprint density at radius 2 is 2.40 bits per heavy atom. The highest BCUT2D eigenvalue weighted by Gasteiger charge is 2.35. The number of hydrogen-bond donors (Lipinski definition) is 0. The average Bonchev–Trinajstić information content (AvgIpc) is 3.12. The van der Waals surface area contributed by atoms with Gasteiger partial charge in [0.15, 0.2) is 0 Å². The fourth-order valence-corrected chi connectivity index (χ4v) is 4.06. The van der Waals surface area contributed by atoms with Crippen LogP contribution in [0.4, 0.5) is 0 Å². The van der Waals surface area contributed by atoms with Gasteiger partial charge in [-0.2, -0.15) is 0 Å². The summed E-state index contributed by atoms with van der Waals surface area (Å²) in [5.41, 5.74) is 3.73. The van der Waals surface area contributed by atoms with Crippen molar-refractivity contribution in [1.82, 2.24) is 14.5 Å². The molecule has 96 valence electrons. The minimum Gasteiger partial charge on any atom is -0.264 e. The highest BCUT2D eigenvalue weighted by molar-refractivity contribution is 7.25. The van der Waals surface area contributed by atoms with E-state index < -0.39 is 6.98 Å². The van der Waals surface area contributed by atoms with Gasteiger partial charge in [-0.15, -0.1) is 0 Å². The number of imidazole rings is 1. The van der Waals surface area contributed by atoms with Crippen LogP contribution in [0.2, 0.25) is 0 Å². The predicted molar refractivity (Wildman–Crippen MR) is 78.6 cm³/mol. The van der Waals surface area contributed by atoms with Crippen LogP contribution in [0.15, 0.2) is 36.8 Å². The Kier molecular flexibility index (Phi) is 1.39. The third kappa shape index (κ3) is 1.10. The quantitative estimate of drug-likeness (QED) is 0.409. The van der Waals surface area contributed by atoms with Gasteiger partial charge in [0, 0.05) is 24.2 Å². The summed E-state index contributed by atoms with van der Waals surface area (Å²) in [7, 11) is 0. The molecule has 0 amide bonds. The molecule has 5 rings (SSSR count). The largest absolute Gasteiger partial charge is 0.292 e. The summed E-state index contributed by atoms with van der Waals surface area (Å²) in [5.74, 6) is 0.696. The highest BCUT2D eigenvalue weighted by atomic mass is 32.1. The molecule has 0 aliphatic carbocycles. The number of rotatable bonds is 0. The van der Waals surface area contributed by atoms with Crippen molar-refractivity contribution in [2.45, 2.75) is 6.54 Å². The summed E-state index contributed by atoms with van der Waals surface area (Å²) in [6, 6.07) is 5.80. The molecule has 1 aliphatic rings. The molecule has 0 saturated carbocycles. The number of nitrogens with zero attached hydrogens (tertiary/aromatic N) is 4. The molecule has 0 aromatic carbocycles. The molecule has 4 nitrogen and oxygen atoms in total. The van der Waals surface area contributed by atoms with Crippen molar-refractivity contribution in [3.8, 4) is 11.4 Å². The molecule has 4 aromatic heterocycles. The molecule has 0 unspecified atom stereocenters. The van der Waals surface area contributed by atoms with Crippen molar-refractivity contribution in [1.29, 1.82) is 0 Å². The van der Waals surface area contributed by atoms with Crippen LogP contribution < -0.4 is 4.57 Å². The first kappa shape index (κ1) is 8.11. The topological polar surface area (TPSA) is 34.6 Å². The molecule has 0 spiro atoms. The van der Waals surface area contributed by atoms with E-state index in [-0.39, 0.29) is 0 Å². The Bertz CT molecular complexity index is 1090.